The third kappa shape index (κ3) is 3.42. The van der Waals surface area contributed by atoms with E-state index in [2.05, 4.69) is 36.5 Å². The molecule has 0 bridgehead atoms. The van der Waals surface area contributed by atoms with Crippen LogP contribution in [0.1, 0.15) is 38.8 Å². The molecule has 1 saturated carbocycles. The number of hydrogen-bond donors (Lipinski definition) is 1. The van der Waals surface area contributed by atoms with Gasteiger partial charge in [0.1, 0.15) is 0 Å². The Morgan fingerprint density at radius 3 is 2.88 bits per heavy atom. The first-order valence-corrected chi connectivity index (χ1v) is 7.42. The van der Waals surface area contributed by atoms with Crippen LogP contribution in [0.15, 0.2) is 5.38 Å². The van der Waals surface area contributed by atoms with Crippen molar-refractivity contribution in [1.29, 1.82) is 0 Å². The summed E-state index contributed by atoms with van der Waals surface area (Å²) in [6, 6.07) is 0.734. The molecule has 0 spiro atoms. The largest absolute Gasteiger partial charge is 0.348 e. The van der Waals surface area contributed by atoms with Crippen molar-refractivity contribution in [2.45, 2.75) is 45.7 Å². The summed E-state index contributed by atoms with van der Waals surface area (Å²) in [5.41, 5.74) is 1.18. The van der Waals surface area contributed by atoms with Gasteiger partial charge in [-0.15, -0.1) is 11.3 Å². The zero-order valence-electron chi connectivity index (χ0n) is 11.1. The molecule has 1 fully saturated rings. The van der Waals surface area contributed by atoms with Gasteiger partial charge in [0, 0.05) is 25.0 Å². The van der Waals surface area contributed by atoms with Gasteiger partial charge in [-0.05, 0) is 31.7 Å². The number of thiazole rings is 1. The van der Waals surface area contributed by atoms with E-state index in [9.17, 15) is 0 Å². The van der Waals surface area contributed by atoms with Crippen molar-refractivity contribution in [3.05, 3.63) is 11.1 Å². The molecule has 3 nitrogen and oxygen atoms in total. The van der Waals surface area contributed by atoms with Crippen LogP contribution >= 0.6 is 11.3 Å². The van der Waals surface area contributed by atoms with E-state index in [1.165, 1.54) is 30.1 Å². The van der Waals surface area contributed by atoms with Gasteiger partial charge in [-0.1, -0.05) is 13.8 Å². The Hall–Kier alpha value is -0.610. The summed E-state index contributed by atoms with van der Waals surface area (Å²) in [5.74, 6) is 0.700. The molecule has 2 rings (SSSR count). The highest BCUT2D eigenvalue weighted by Crippen LogP contribution is 2.30. The maximum absolute atomic E-state index is 4.69. The number of anilines is 1. The van der Waals surface area contributed by atoms with Crippen LogP contribution in [0.5, 0.6) is 0 Å². The van der Waals surface area contributed by atoms with Gasteiger partial charge in [0.15, 0.2) is 5.13 Å². The average Bonchev–Trinajstić information content (AvgIpc) is 2.63. The highest BCUT2D eigenvalue weighted by Gasteiger charge is 2.23. The second-order valence-corrected chi connectivity index (χ2v) is 6.18. The molecule has 1 aromatic heterocycles. The maximum atomic E-state index is 4.69. The Kier molecular flexibility index (Phi) is 4.40. The fraction of sp³-hybridized carbons (Fsp3) is 0.769. The molecule has 0 atom stereocenters. The smallest absolute Gasteiger partial charge is 0.185 e. The first-order chi connectivity index (χ1) is 8.16. The van der Waals surface area contributed by atoms with Crippen molar-refractivity contribution in [3.8, 4) is 0 Å². The summed E-state index contributed by atoms with van der Waals surface area (Å²) >= 11 is 1.77. The quantitative estimate of drug-likeness (QED) is 0.845. The van der Waals surface area contributed by atoms with E-state index in [1.54, 1.807) is 11.3 Å². The van der Waals surface area contributed by atoms with Gasteiger partial charge in [-0.3, -0.25) is 0 Å². The lowest BCUT2D eigenvalue weighted by Crippen LogP contribution is -2.37. The van der Waals surface area contributed by atoms with Crippen LogP contribution in [0.2, 0.25) is 0 Å². The lowest BCUT2D eigenvalue weighted by molar-refractivity contribution is 0.400. The van der Waals surface area contributed by atoms with Crippen molar-refractivity contribution in [2.75, 3.05) is 18.5 Å². The SMILES string of the molecule is CC(C)CNCc1csc(N(C)C2CCC2)n1. The van der Waals surface area contributed by atoms with Crippen LogP contribution in [-0.2, 0) is 6.54 Å². The lowest BCUT2D eigenvalue weighted by atomic mass is 9.92. The summed E-state index contributed by atoms with van der Waals surface area (Å²) in [7, 11) is 2.17. The number of rotatable bonds is 6. The van der Waals surface area contributed by atoms with Gasteiger partial charge in [0.25, 0.3) is 0 Å². The Morgan fingerprint density at radius 1 is 1.53 bits per heavy atom. The molecule has 0 aromatic carbocycles. The first-order valence-electron chi connectivity index (χ1n) is 6.54. The van der Waals surface area contributed by atoms with Crippen molar-refractivity contribution in [2.24, 2.45) is 5.92 Å². The third-order valence-electron chi connectivity index (χ3n) is 3.32. The zero-order chi connectivity index (χ0) is 12.3. The molecule has 1 aliphatic rings. The predicted molar refractivity (Wildman–Crippen MR) is 74.7 cm³/mol. The summed E-state index contributed by atoms with van der Waals surface area (Å²) < 4.78 is 0. The Bertz CT molecular complexity index is 344. The van der Waals surface area contributed by atoms with E-state index < -0.39 is 0 Å². The van der Waals surface area contributed by atoms with Crippen LogP contribution < -0.4 is 10.2 Å². The van der Waals surface area contributed by atoms with Crippen LogP contribution in [0, 0.1) is 5.92 Å². The summed E-state index contributed by atoms with van der Waals surface area (Å²) in [4.78, 5) is 7.04. The second-order valence-electron chi connectivity index (χ2n) is 5.34. The summed E-state index contributed by atoms with van der Waals surface area (Å²) in [5, 5.41) is 6.79. The van der Waals surface area contributed by atoms with Gasteiger partial charge < -0.3 is 10.2 Å². The highest BCUT2D eigenvalue weighted by atomic mass is 32.1. The van der Waals surface area contributed by atoms with Crippen LogP contribution in [0.25, 0.3) is 0 Å². The third-order valence-corrected chi connectivity index (χ3v) is 4.30. The van der Waals surface area contributed by atoms with Crippen LogP contribution in [-0.4, -0.2) is 24.6 Å². The summed E-state index contributed by atoms with van der Waals surface area (Å²) in [6.07, 6.45) is 4.04. The molecular weight excluding hydrogens is 230 g/mol. The molecule has 0 amide bonds. The standard InChI is InChI=1S/C13H23N3S/c1-10(2)7-14-8-11-9-17-13(15-11)16(3)12-5-4-6-12/h9-10,12,14H,4-8H2,1-3H3. The molecule has 0 aliphatic heterocycles. The van der Waals surface area contributed by atoms with Gasteiger partial charge in [-0.25, -0.2) is 4.98 Å². The molecule has 0 saturated heterocycles. The average molecular weight is 253 g/mol. The molecule has 0 radical (unpaired) electrons. The van der Waals surface area contributed by atoms with Crippen molar-refractivity contribution < 1.29 is 0 Å². The molecule has 17 heavy (non-hydrogen) atoms. The fourth-order valence-electron chi connectivity index (χ4n) is 1.96. The van der Waals surface area contributed by atoms with E-state index in [4.69, 9.17) is 4.98 Å². The number of aromatic nitrogens is 1. The molecule has 4 heteroatoms. The van der Waals surface area contributed by atoms with Crippen molar-refractivity contribution in [1.82, 2.24) is 10.3 Å². The molecule has 1 N–H and O–H groups in total. The Balaban J connectivity index is 1.82. The van der Waals surface area contributed by atoms with E-state index in [0.29, 0.717) is 5.92 Å². The van der Waals surface area contributed by atoms with Crippen LogP contribution in [0.3, 0.4) is 0 Å². The minimum atomic E-state index is 0.700. The second kappa shape index (κ2) is 5.83. The molecule has 1 heterocycles. The van der Waals surface area contributed by atoms with Crippen LogP contribution in [0.4, 0.5) is 5.13 Å². The monoisotopic (exact) mass is 253 g/mol. The molecule has 96 valence electrons. The van der Waals surface area contributed by atoms with E-state index in [0.717, 1.165) is 19.1 Å². The summed E-state index contributed by atoms with van der Waals surface area (Å²) in [6.45, 7) is 6.41. The molecular formula is C13H23N3S. The van der Waals surface area contributed by atoms with E-state index in [-0.39, 0.29) is 0 Å². The number of hydrogen-bond acceptors (Lipinski definition) is 4. The fourth-order valence-corrected chi connectivity index (χ4v) is 2.82. The first kappa shape index (κ1) is 12.8. The minimum absolute atomic E-state index is 0.700. The minimum Gasteiger partial charge on any atom is -0.348 e. The normalized spacial score (nSPS) is 16.2. The zero-order valence-corrected chi connectivity index (χ0v) is 11.9. The van der Waals surface area contributed by atoms with Gasteiger partial charge >= 0.3 is 0 Å². The number of nitrogens with zero attached hydrogens (tertiary/aromatic N) is 2. The van der Waals surface area contributed by atoms with E-state index >= 15 is 0 Å². The molecule has 1 aliphatic carbocycles. The molecule has 1 aromatic rings. The maximum Gasteiger partial charge on any atom is 0.185 e. The van der Waals surface area contributed by atoms with Gasteiger partial charge in [0.2, 0.25) is 0 Å². The van der Waals surface area contributed by atoms with Gasteiger partial charge in [0.05, 0.1) is 5.69 Å². The molecule has 0 unspecified atom stereocenters. The van der Waals surface area contributed by atoms with Gasteiger partial charge in [-0.2, -0.15) is 0 Å². The van der Waals surface area contributed by atoms with E-state index in [1.807, 2.05) is 0 Å². The highest BCUT2D eigenvalue weighted by molar-refractivity contribution is 7.13. The lowest BCUT2D eigenvalue weighted by Gasteiger charge is -2.34. The Morgan fingerprint density at radius 2 is 2.29 bits per heavy atom. The number of nitrogens with one attached hydrogen (secondary N) is 1. The predicted octanol–water partition coefficient (Wildman–Crippen LogP) is 2.88. The van der Waals surface area contributed by atoms with Crippen molar-refractivity contribution >= 4 is 16.5 Å². The Labute approximate surface area is 108 Å². The van der Waals surface area contributed by atoms with Crippen molar-refractivity contribution in [3.63, 3.8) is 0 Å². The topological polar surface area (TPSA) is 28.2 Å².